The quantitative estimate of drug-likeness (QED) is 0.170. The van der Waals surface area contributed by atoms with Crippen LogP contribution in [0, 0.1) is 0 Å². The lowest BCUT2D eigenvalue weighted by Gasteiger charge is -2.15. The zero-order valence-electron chi connectivity index (χ0n) is 31.3. The first-order valence-electron chi connectivity index (χ1n) is 19.3. The number of hydrogen-bond acceptors (Lipinski definition) is 3. The Morgan fingerprint density at radius 1 is 0.509 bits per heavy atom. The summed E-state index contributed by atoms with van der Waals surface area (Å²) in [6.07, 6.45) is 6.46. The number of fused-ring (bicyclic) bond motifs is 12. The van der Waals surface area contributed by atoms with Crippen molar-refractivity contribution in [3.63, 3.8) is 0 Å². The highest BCUT2D eigenvalue weighted by Crippen LogP contribution is 2.51. The molecule has 11 aromatic rings. The van der Waals surface area contributed by atoms with Gasteiger partial charge in [0.1, 0.15) is 0 Å². The monoisotopic (exact) mass is 745 g/mol. The fourth-order valence-corrected chi connectivity index (χ4v) is 10.1. The van der Waals surface area contributed by atoms with Gasteiger partial charge in [0.05, 0.1) is 27.1 Å². The molecule has 0 saturated carbocycles. The molecule has 3 aromatic heterocycles. The smallest absolute Gasteiger partial charge is 0.160 e. The molecule has 0 aliphatic rings. The average Bonchev–Trinajstić information content (AvgIpc) is 3.85. The molecule has 0 unspecified atom stereocenters. The van der Waals surface area contributed by atoms with E-state index in [0.717, 1.165) is 39.3 Å². The Labute approximate surface area is 334 Å². The van der Waals surface area contributed by atoms with E-state index in [1.165, 1.54) is 69.1 Å². The molecular weight excluding hydrogens is 711 g/mol. The first-order valence-corrected chi connectivity index (χ1v) is 20.1. The van der Waals surface area contributed by atoms with Gasteiger partial charge in [-0.05, 0) is 58.5 Å². The maximum Gasteiger partial charge on any atom is 0.160 e. The number of thiophene rings is 1. The van der Waals surface area contributed by atoms with E-state index in [0.29, 0.717) is 5.82 Å². The standard InChI is InChI=1S/C53H35N3S/c1-3-17-39-37(4-2)38-22-11-14-25-42(38)50-48(39)49-41-24-13-12-23-40(41)47-43-26-15-16-27-46(43)57-52(47)51(49)56(50)36-30-28-34(29-31-36)45-32-44(33-18-7-5-8-19-33)54-53(55-45)35-20-9-6-10-21-35/h3-32H,2H2,1H3/b17-3-. The van der Waals surface area contributed by atoms with Crippen molar-refractivity contribution in [3.8, 4) is 39.6 Å². The lowest BCUT2D eigenvalue weighted by atomic mass is 9.91. The van der Waals surface area contributed by atoms with Crippen molar-refractivity contribution in [2.45, 2.75) is 6.92 Å². The van der Waals surface area contributed by atoms with Gasteiger partial charge in [0.25, 0.3) is 0 Å². The Bertz CT molecular complexity index is 3350. The third kappa shape index (κ3) is 5.11. The van der Waals surface area contributed by atoms with E-state index >= 15 is 0 Å². The van der Waals surface area contributed by atoms with E-state index in [2.05, 4.69) is 170 Å². The molecule has 57 heavy (non-hydrogen) atoms. The van der Waals surface area contributed by atoms with Crippen molar-refractivity contribution < 1.29 is 0 Å². The van der Waals surface area contributed by atoms with Crippen molar-refractivity contribution in [1.29, 1.82) is 0 Å². The molecule has 0 radical (unpaired) electrons. The molecule has 11 rings (SSSR count). The molecule has 0 bridgehead atoms. The Morgan fingerprint density at radius 2 is 1.07 bits per heavy atom. The van der Waals surface area contributed by atoms with Gasteiger partial charge in [-0.2, -0.15) is 0 Å². The van der Waals surface area contributed by atoms with Crippen LogP contribution in [-0.2, 0) is 0 Å². The average molecular weight is 746 g/mol. The molecule has 0 N–H and O–H groups in total. The highest BCUT2D eigenvalue weighted by molar-refractivity contribution is 7.27. The van der Waals surface area contributed by atoms with Crippen molar-refractivity contribution in [3.05, 3.63) is 188 Å². The van der Waals surface area contributed by atoms with Crippen LogP contribution in [0.15, 0.2) is 176 Å². The molecule has 0 spiro atoms. The second-order valence-electron chi connectivity index (χ2n) is 14.4. The Hall–Kier alpha value is -7.14. The first kappa shape index (κ1) is 33.2. The summed E-state index contributed by atoms with van der Waals surface area (Å²) in [4.78, 5) is 10.2. The number of aromatic nitrogens is 3. The molecule has 4 heteroatoms. The number of benzene rings is 8. The molecule has 8 aromatic carbocycles. The van der Waals surface area contributed by atoms with Gasteiger partial charge in [0.15, 0.2) is 5.82 Å². The van der Waals surface area contributed by atoms with E-state index in [-0.39, 0.29) is 0 Å². The molecular formula is C53H35N3S. The molecule has 0 aliphatic carbocycles. The summed E-state index contributed by atoms with van der Waals surface area (Å²) in [6.45, 7) is 6.46. The van der Waals surface area contributed by atoms with E-state index < -0.39 is 0 Å². The fraction of sp³-hybridized carbons (Fsp3) is 0.0189. The van der Waals surface area contributed by atoms with Gasteiger partial charge >= 0.3 is 0 Å². The number of hydrogen-bond donors (Lipinski definition) is 0. The van der Waals surface area contributed by atoms with Crippen LogP contribution in [0.2, 0.25) is 0 Å². The van der Waals surface area contributed by atoms with Crippen LogP contribution < -0.4 is 0 Å². The number of rotatable bonds is 6. The molecule has 3 nitrogen and oxygen atoms in total. The predicted octanol–water partition coefficient (Wildman–Crippen LogP) is 14.9. The molecule has 0 amide bonds. The minimum Gasteiger partial charge on any atom is -0.307 e. The largest absolute Gasteiger partial charge is 0.307 e. The summed E-state index contributed by atoms with van der Waals surface area (Å²) in [7, 11) is 0. The normalized spacial score (nSPS) is 11.9. The summed E-state index contributed by atoms with van der Waals surface area (Å²) >= 11 is 1.89. The summed E-state index contributed by atoms with van der Waals surface area (Å²) in [5.41, 5.74) is 10.7. The number of allylic oxidation sites excluding steroid dienone is 1. The zero-order valence-corrected chi connectivity index (χ0v) is 32.1. The SMILES string of the molecule is C=Cc1c(/C=C\C)c2c3c4ccccc4c4c5ccccc5sc4c3n(-c3ccc(-c4cc(-c5ccccc5)nc(-c5ccccc5)n4)cc3)c2c2ccccc12. The summed E-state index contributed by atoms with van der Waals surface area (Å²) in [6, 6.07) is 58.3. The van der Waals surface area contributed by atoms with Crippen molar-refractivity contribution in [1.82, 2.24) is 14.5 Å². The first-order chi connectivity index (χ1) is 28.2. The minimum absolute atomic E-state index is 0.707. The number of nitrogens with zero attached hydrogens (tertiary/aromatic N) is 3. The van der Waals surface area contributed by atoms with E-state index in [1.54, 1.807) is 0 Å². The molecule has 268 valence electrons. The molecule has 0 atom stereocenters. The van der Waals surface area contributed by atoms with Gasteiger partial charge in [0.2, 0.25) is 0 Å². The highest BCUT2D eigenvalue weighted by Gasteiger charge is 2.26. The lowest BCUT2D eigenvalue weighted by molar-refractivity contribution is 1.17. The molecule has 0 saturated heterocycles. The summed E-state index contributed by atoms with van der Waals surface area (Å²) < 4.78 is 5.11. The second-order valence-corrected chi connectivity index (χ2v) is 15.5. The van der Waals surface area contributed by atoms with Gasteiger partial charge in [-0.3, -0.25) is 0 Å². The Balaban J connectivity index is 1.25. The Kier molecular flexibility index (Phi) is 7.73. The van der Waals surface area contributed by atoms with E-state index in [1.807, 2.05) is 41.7 Å². The van der Waals surface area contributed by atoms with Crippen LogP contribution in [0.5, 0.6) is 0 Å². The minimum atomic E-state index is 0.707. The molecule has 3 heterocycles. The molecule has 0 aliphatic heterocycles. The third-order valence-electron chi connectivity index (χ3n) is 11.3. The van der Waals surface area contributed by atoms with Gasteiger partial charge in [0, 0.05) is 54.0 Å². The van der Waals surface area contributed by atoms with Crippen LogP contribution >= 0.6 is 11.3 Å². The third-order valence-corrected chi connectivity index (χ3v) is 12.4. The topological polar surface area (TPSA) is 30.7 Å². The molecule has 0 fully saturated rings. The zero-order chi connectivity index (χ0) is 38.0. The van der Waals surface area contributed by atoms with Crippen LogP contribution in [0.25, 0.3) is 115 Å². The van der Waals surface area contributed by atoms with Crippen LogP contribution in [0.4, 0.5) is 0 Å². The Morgan fingerprint density at radius 3 is 1.74 bits per heavy atom. The van der Waals surface area contributed by atoms with Crippen molar-refractivity contribution in [2.24, 2.45) is 0 Å². The second kappa shape index (κ2) is 13.3. The maximum atomic E-state index is 5.15. The fourth-order valence-electron chi connectivity index (χ4n) is 8.84. The summed E-state index contributed by atoms with van der Waals surface area (Å²) in [5.74, 6) is 0.707. The van der Waals surface area contributed by atoms with Crippen LogP contribution in [-0.4, -0.2) is 14.5 Å². The van der Waals surface area contributed by atoms with E-state index in [9.17, 15) is 0 Å². The van der Waals surface area contributed by atoms with Crippen LogP contribution in [0.3, 0.4) is 0 Å². The van der Waals surface area contributed by atoms with E-state index in [4.69, 9.17) is 9.97 Å². The van der Waals surface area contributed by atoms with Crippen molar-refractivity contribution in [2.75, 3.05) is 0 Å². The summed E-state index contributed by atoms with van der Waals surface area (Å²) in [5, 5.41) is 10.0. The van der Waals surface area contributed by atoms with Crippen LogP contribution in [0.1, 0.15) is 18.1 Å². The lowest BCUT2D eigenvalue weighted by Crippen LogP contribution is -1.98. The van der Waals surface area contributed by atoms with Gasteiger partial charge < -0.3 is 4.57 Å². The van der Waals surface area contributed by atoms with Gasteiger partial charge in [-0.15, -0.1) is 11.3 Å². The van der Waals surface area contributed by atoms with Gasteiger partial charge in [-0.1, -0.05) is 164 Å². The predicted molar refractivity (Wildman–Crippen MR) is 245 cm³/mol. The van der Waals surface area contributed by atoms with Gasteiger partial charge in [-0.25, -0.2) is 9.97 Å². The maximum absolute atomic E-state index is 5.15. The van der Waals surface area contributed by atoms with Crippen molar-refractivity contribution >= 4 is 87.0 Å². The highest BCUT2D eigenvalue weighted by atomic mass is 32.1.